The number of aromatic nitrogens is 3. The summed E-state index contributed by atoms with van der Waals surface area (Å²) < 4.78 is 5.76. The first kappa shape index (κ1) is 19.2. The van der Waals surface area contributed by atoms with E-state index in [0.717, 1.165) is 21.3 Å². The molecule has 0 unspecified atom stereocenters. The molecule has 0 saturated carbocycles. The lowest BCUT2D eigenvalue weighted by Gasteiger charge is -2.03. The number of carbonyl (C=O) groups excluding carboxylic acids is 1. The topological polar surface area (TPSA) is 77.0 Å². The van der Waals surface area contributed by atoms with Crippen molar-refractivity contribution < 1.29 is 9.53 Å². The van der Waals surface area contributed by atoms with Crippen LogP contribution in [-0.2, 0) is 6.61 Å². The minimum absolute atomic E-state index is 0.239. The molecule has 0 saturated heterocycles. The van der Waals surface area contributed by atoms with Gasteiger partial charge in [0.2, 0.25) is 5.13 Å². The third-order valence-corrected chi connectivity index (χ3v) is 6.11. The fourth-order valence-corrected chi connectivity index (χ4v) is 4.25. The zero-order chi connectivity index (χ0) is 20.2. The highest BCUT2D eigenvalue weighted by Crippen LogP contribution is 2.27. The number of thiazole rings is 1. The number of hydrogen-bond donors (Lipinski definition) is 1. The molecule has 2 aromatic heterocycles. The van der Waals surface area contributed by atoms with Gasteiger partial charge in [-0.05, 0) is 26.0 Å². The van der Waals surface area contributed by atoms with E-state index in [0.29, 0.717) is 22.3 Å². The Bertz CT molecular complexity index is 1120. The third-order valence-electron chi connectivity index (χ3n) is 4.10. The Morgan fingerprint density at radius 1 is 1.00 bits per heavy atom. The average Bonchev–Trinajstić information content (AvgIpc) is 3.35. The van der Waals surface area contributed by atoms with Gasteiger partial charge in [-0.1, -0.05) is 59.4 Å². The zero-order valence-electron chi connectivity index (χ0n) is 15.9. The maximum absolute atomic E-state index is 12.7. The smallest absolute Gasteiger partial charge is 0.269 e. The summed E-state index contributed by atoms with van der Waals surface area (Å²) >= 11 is 2.66. The van der Waals surface area contributed by atoms with Crippen molar-refractivity contribution in [3.05, 3.63) is 75.7 Å². The van der Waals surface area contributed by atoms with E-state index in [1.165, 1.54) is 28.2 Å². The Balaban J connectivity index is 1.41. The van der Waals surface area contributed by atoms with Crippen LogP contribution in [0.3, 0.4) is 0 Å². The third kappa shape index (κ3) is 4.67. The van der Waals surface area contributed by atoms with Gasteiger partial charge in [-0.3, -0.25) is 10.1 Å². The van der Waals surface area contributed by atoms with E-state index in [9.17, 15) is 4.79 Å². The monoisotopic (exact) mass is 422 g/mol. The summed E-state index contributed by atoms with van der Waals surface area (Å²) in [4.78, 5) is 17.7. The molecule has 2 heterocycles. The number of rotatable bonds is 6. The van der Waals surface area contributed by atoms with Crippen molar-refractivity contribution in [2.24, 2.45) is 0 Å². The molecule has 1 N–H and O–H groups in total. The fourth-order valence-electron chi connectivity index (χ4n) is 2.63. The number of hydrogen-bond acceptors (Lipinski definition) is 7. The average molecular weight is 423 g/mol. The molecule has 1 amide bonds. The predicted octanol–water partition coefficient (Wildman–Crippen LogP) is 5.11. The Kier molecular flexibility index (Phi) is 5.64. The highest BCUT2D eigenvalue weighted by molar-refractivity contribution is 7.18. The lowest BCUT2D eigenvalue weighted by atomic mass is 10.2. The summed E-state index contributed by atoms with van der Waals surface area (Å²) in [5, 5.41) is 13.0. The van der Waals surface area contributed by atoms with E-state index < -0.39 is 0 Å². The number of aryl methyl sites for hydroxylation is 2. The van der Waals surface area contributed by atoms with E-state index in [2.05, 4.69) is 20.5 Å². The van der Waals surface area contributed by atoms with E-state index in [1.807, 2.05) is 68.4 Å². The van der Waals surface area contributed by atoms with Crippen LogP contribution in [0.1, 0.15) is 25.9 Å². The number of anilines is 1. The van der Waals surface area contributed by atoms with Crippen molar-refractivity contribution in [3.8, 4) is 16.3 Å². The van der Waals surface area contributed by atoms with Crippen molar-refractivity contribution in [2.45, 2.75) is 20.5 Å². The van der Waals surface area contributed by atoms with Gasteiger partial charge in [0.25, 0.3) is 5.91 Å². The minimum atomic E-state index is -0.239. The molecule has 4 rings (SSSR count). The SMILES string of the molecule is Cc1ccc(OCc2nc(C)c(C(=O)Nc3nnc(-c4ccccc4)s3)s2)cc1. The summed E-state index contributed by atoms with van der Waals surface area (Å²) in [5.74, 6) is 0.536. The molecule has 0 spiro atoms. The number of nitrogens with zero attached hydrogens (tertiary/aromatic N) is 3. The van der Waals surface area contributed by atoms with Gasteiger partial charge in [-0.15, -0.1) is 21.5 Å². The standard InChI is InChI=1S/C21H18N4O2S2/c1-13-8-10-16(11-9-13)27-12-17-22-14(2)18(28-17)19(26)23-21-25-24-20(29-21)15-6-4-3-5-7-15/h3-11H,12H2,1-2H3,(H,23,25,26). The number of nitrogens with one attached hydrogen (secondary N) is 1. The molecule has 0 bridgehead atoms. The second-order valence-electron chi connectivity index (χ2n) is 6.36. The van der Waals surface area contributed by atoms with Gasteiger partial charge in [0.05, 0.1) is 5.69 Å². The number of ether oxygens (including phenoxy) is 1. The maximum atomic E-state index is 12.7. The highest BCUT2D eigenvalue weighted by Gasteiger charge is 2.18. The Hall–Kier alpha value is -3.10. The van der Waals surface area contributed by atoms with Gasteiger partial charge < -0.3 is 4.74 Å². The predicted molar refractivity (Wildman–Crippen MR) is 116 cm³/mol. The summed E-state index contributed by atoms with van der Waals surface area (Å²) in [6, 6.07) is 17.6. The van der Waals surface area contributed by atoms with Gasteiger partial charge in [0.15, 0.2) is 0 Å². The van der Waals surface area contributed by atoms with Crippen LogP contribution in [0.5, 0.6) is 5.75 Å². The summed E-state index contributed by atoms with van der Waals surface area (Å²) in [5.41, 5.74) is 2.81. The van der Waals surface area contributed by atoms with Crippen molar-refractivity contribution in [1.29, 1.82) is 0 Å². The normalized spacial score (nSPS) is 10.7. The first-order chi connectivity index (χ1) is 14.1. The van der Waals surface area contributed by atoms with Gasteiger partial charge in [-0.25, -0.2) is 4.98 Å². The van der Waals surface area contributed by atoms with Gasteiger partial charge >= 0.3 is 0 Å². The van der Waals surface area contributed by atoms with Gasteiger partial charge in [0, 0.05) is 5.56 Å². The van der Waals surface area contributed by atoms with Crippen LogP contribution in [0.25, 0.3) is 10.6 Å². The quantitative estimate of drug-likeness (QED) is 0.467. The largest absolute Gasteiger partial charge is 0.486 e. The van der Waals surface area contributed by atoms with Crippen LogP contribution in [0.2, 0.25) is 0 Å². The van der Waals surface area contributed by atoms with Crippen LogP contribution in [0.15, 0.2) is 54.6 Å². The molecule has 6 nitrogen and oxygen atoms in total. The molecular weight excluding hydrogens is 404 g/mol. The van der Waals surface area contributed by atoms with Crippen LogP contribution < -0.4 is 10.1 Å². The van der Waals surface area contributed by atoms with E-state index >= 15 is 0 Å². The number of benzene rings is 2. The molecule has 0 radical (unpaired) electrons. The van der Waals surface area contributed by atoms with Crippen LogP contribution in [0.4, 0.5) is 5.13 Å². The molecular formula is C21H18N4O2S2. The van der Waals surface area contributed by atoms with Crippen LogP contribution in [-0.4, -0.2) is 21.1 Å². The Morgan fingerprint density at radius 3 is 2.52 bits per heavy atom. The molecule has 146 valence electrons. The zero-order valence-corrected chi connectivity index (χ0v) is 17.5. The second kappa shape index (κ2) is 8.50. The molecule has 29 heavy (non-hydrogen) atoms. The van der Waals surface area contributed by atoms with Crippen molar-refractivity contribution in [1.82, 2.24) is 15.2 Å². The minimum Gasteiger partial charge on any atom is -0.486 e. The molecule has 0 aliphatic rings. The first-order valence-electron chi connectivity index (χ1n) is 8.94. The Morgan fingerprint density at radius 2 is 1.76 bits per heavy atom. The molecule has 4 aromatic rings. The van der Waals surface area contributed by atoms with E-state index in [4.69, 9.17) is 4.74 Å². The molecule has 0 fully saturated rings. The van der Waals surface area contributed by atoms with Gasteiger partial charge in [-0.2, -0.15) is 0 Å². The van der Waals surface area contributed by atoms with Gasteiger partial charge in [0.1, 0.15) is 27.2 Å². The van der Waals surface area contributed by atoms with E-state index in [1.54, 1.807) is 0 Å². The molecule has 8 heteroatoms. The van der Waals surface area contributed by atoms with Crippen molar-refractivity contribution >= 4 is 33.7 Å². The summed E-state index contributed by atoms with van der Waals surface area (Å²) in [7, 11) is 0. The van der Waals surface area contributed by atoms with Crippen LogP contribution >= 0.6 is 22.7 Å². The lowest BCUT2D eigenvalue weighted by molar-refractivity contribution is 0.102. The second-order valence-corrected chi connectivity index (χ2v) is 8.42. The van der Waals surface area contributed by atoms with E-state index in [-0.39, 0.29) is 5.91 Å². The van der Waals surface area contributed by atoms with Crippen LogP contribution in [0, 0.1) is 13.8 Å². The van der Waals surface area contributed by atoms with Crippen molar-refractivity contribution in [2.75, 3.05) is 5.32 Å². The van der Waals surface area contributed by atoms with Crippen molar-refractivity contribution in [3.63, 3.8) is 0 Å². The maximum Gasteiger partial charge on any atom is 0.269 e. The highest BCUT2D eigenvalue weighted by atomic mass is 32.1. The Labute approximate surface area is 176 Å². The summed E-state index contributed by atoms with van der Waals surface area (Å²) in [6.45, 7) is 4.16. The lowest BCUT2D eigenvalue weighted by Crippen LogP contribution is -2.11. The number of carbonyl (C=O) groups is 1. The number of amides is 1. The molecule has 0 atom stereocenters. The fraction of sp³-hybridized carbons (Fsp3) is 0.143. The molecule has 0 aliphatic heterocycles. The first-order valence-corrected chi connectivity index (χ1v) is 10.6. The summed E-state index contributed by atoms with van der Waals surface area (Å²) in [6.07, 6.45) is 0. The molecule has 0 aliphatic carbocycles. The molecule has 2 aromatic carbocycles.